The Morgan fingerprint density at radius 2 is 1.77 bits per heavy atom. The van der Waals surface area contributed by atoms with E-state index in [0.717, 1.165) is 34.2 Å². The molecule has 132 valence electrons. The summed E-state index contributed by atoms with van der Waals surface area (Å²) >= 11 is 1.65. The van der Waals surface area contributed by atoms with E-state index in [0.29, 0.717) is 5.56 Å². The second kappa shape index (κ2) is 6.39. The maximum Gasteiger partial charge on any atom is 0.114 e. The predicted octanol–water partition coefficient (Wildman–Crippen LogP) is 5.11. The van der Waals surface area contributed by atoms with Crippen molar-refractivity contribution in [1.29, 1.82) is 5.26 Å². The van der Waals surface area contributed by atoms with Crippen LogP contribution in [0.3, 0.4) is 0 Å². The highest BCUT2D eigenvalue weighted by Crippen LogP contribution is 2.60. The van der Waals surface area contributed by atoms with Crippen LogP contribution in [-0.4, -0.2) is 9.97 Å². The van der Waals surface area contributed by atoms with Gasteiger partial charge in [0.2, 0.25) is 0 Å². The monoisotopic (exact) mass is 361 g/mol. The summed E-state index contributed by atoms with van der Waals surface area (Å²) in [6.45, 7) is 0. The van der Waals surface area contributed by atoms with Crippen molar-refractivity contribution in [3.8, 4) is 6.07 Å². The van der Waals surface area contributed by atoms with Gasteiger partial charge in [-0.15, -0.1) is 0 Å². The third kappa shape index (κ3) is 2.83. The van der Waals surface area contributed by atoms with Crippen LogP contribution in [0.2, 0.25) is 0 Å². The molecule has 0 N–H and O–H groups in total. The first-order valence-corrected chi connectivity index (χ1v) is 10.7. The number of pyridine rings is 2. The first kappa shape index (κ1) is 16.3. The van der Waals surface area contributed by atoms with Gasteiger partial charge in [0.1, 0.15) is 11.1 Å². The molecule has 26 heavy (non-hydrogen) atoms. The summed E-state index contributed by atoms with van der Waals surface area (Å²) in [5.74, 6) is 3.47. The number of rotatable bonds is 4. The molecule has 4 heteroatoms. The van der Waals surface area contributed by atoms with Crippen molar-refractivity contribution in [2.24, 2.45) is 17.8 Å². The van der Waals surface area contributed by atoms with Gasteiger partial charge in [-0.2, -0.15) is 5.26 Å². The fourth-order valence-electron chi connectivity index (χ4n) is 5.98. The molecule has 4 saturated carbocycles. The molecule has 0 spiro atoms. The molecule has 4 bridgehead atoms. The molecule has 0 unspecified atom stereocenters. The van der Waals surface area contributed by atoms with Crippen molar-refractivity contribution in [1.82, 2.24) is 9.97 Å². The molecule has 6 rings (SSSR count). The van der Waals surface area contributed by atoms with E-state index in [9.17, 15) is 5.26 Å². The van der Waals surface area contributed by atoms with Crippen molar-refractivity contribution < 1.29 is 0 Å². The number of nitrogens with zero attached hydrogens (tertiary/aromatic N) is 3. The van der Waals surface area contributed by atoms with E-state index in [1.807, 2.05) is 30.5 Å². The molecule has 0 amide bonds. The smallest absolute Gasteiger partial charge is 0.114 e. The van der Waals surface area contributed by atoms with E-state index in [1.54, 1.807) is 11.8 Å². The fourth-order valence-corrected chi connectivity index (χ4v) is 6.87. The molecule has 0 saturated heterocycles. The Bertz CT molecular complexity index is 820. The Labute approximate surface area is 159 Å². The van der Waals surface area contributed by atoms with Gasteiger partial charge in [-0.05, 0) is 80.5 Å². The minimum Gasteiger partial charge on any atom is -0.260 e. The van der Waals surface area contributed by atoms with Crippen LogP contribution in [0.15, 0.2) is 41.6 Å². The van der Waals surface area contributed by atoms with Crippen LogP contribution < -0.4 is 0 Å². The molecule has 0 aromatic carbocycles. The zero-order valence-corrected chi connectivity index (χ0v) is 15.7. The Balaban J connectivity index is 1.44. The first-order valence-electron chi connectivity index (χ1n) is 9.68. The standard InChI is InChI=1S/C22H23N3S/c23-13-18-4-5-20(25-21(18)26-14-19-3-1-2-6-24-19)22-10-15-7-16(11-22)9-17(8-15)12-22/h1-6,15-17H,7-12,14H2. The zero-order chi connectivity index (χ0) is 17.6. The van der Waals surface area contributed by atoms with Crippen molar-refractivity contribution in [3.63, 3.8) is 0 Å². The summed E-state index contributed by atoms with van der Waals surface area (Å²) in [4.78, 5) is 9.46. The van der Waals surface area contributed by atoms with Crippen molar-refractivity contribution >= 4 is 11.8 Å². The molecule has 0 atom stereocenters. The summed E-state index contributed by atoms with van der Waals surface area (Å²) in [5.41, 5.74) is 3.25. The lowest BCUT2D eigenvalue weighted by Crippen LogP contribution is -2.49. The zero-order valence-electron chi connectivity index (χ0n) is 14.9. The van der Waals surface area contributed by atoms with E-state index in [-0.39, 0.29) is 5.41 Å². The molecule has 4 aliphatic carbocycles. The molecule has 2 aromatic heterocycles. The van der Waals surface area contributed by atoms with Gasteiger partial charge >= 0.3 is 0 Å². The van der Waals surface area contributed by atoms with Crippen molar-refractivity contribution in [2.75, 3.05) is 0 Å². The molecule has 0 radical (unpaired) electrons. The third-order valence-corrected chi connectivity index (χ3v) is 7.67. The number of aromatic nitrogens is 2. The summed E-state index contributed by atoms with van der Waals surface area (Å²) < 4.78 is 0. The van der Waals surface area contributed by atoms with Crippen molar-refractivity contribution in [3.05, 3.63) is 53.5 Å². The lowest BCUT2D eigenvalue weighted by atomic mass is 9.49. The largest absolute Gasteiger partial charge is 0.260 e. The van der Waals surface area contributed by atoms with Crippen LogP contribution in [0.25, 0.3) is 0 Å². The molecular weight excluding hydrogens is 338 g/mol. The quantitative estimate of drug-likeness (QED) is 0.710. The second-order valence-corrected chi connectivity index (χ2v) is 9.43. The average molecular weight is 362 g/mol. The molecule has 4 fully saturated rings. The van der Waals surface area contributed by atoms with Gasteiger partial charge in [-0.1, -0.05) is 17.8 Å². The number of hydrogen-bond donors (Lipinski definition) is 0. The Hall–Kier alpha value is -1.86. The van der Waals surface area contributed by atoms with Gasteiger partial charge in [0.25, 0.3) is 0 Å². The van der Waals surface area contributed by atoms with E-state index >= 15 is 0 Å². The van der Waals surface area contributed by atoms with Gasteiger partial charge < -0.3 is 0 Å². The van der Waals surface area contributed by atoms with Gasteiger partial charge in [0, 0.05) is 23.1 Å². The predicted molar refractivity (Wildman–Crippen MR) is 103 cm³/mol. The summed E-state index contributed by atoms with van der Waals surface area (Å²) in [5, 5.41) is 10.4. The average Bonchev–Trinajstić information content (AvgIpc) is 2.66. The molecule has 2 aromatic rings. The maximum atomic E-state index is 9.52. The minimum absolute atomic E-state index is 0.281. The SMILES string of the molecule is N#Cc1ccc(C23CC4CC(CC(C4)C2)C3)nc1SCc1ccccn1. The van der Waals surface area contributed by atoms with E-state index in [2.05, 4.69) is 17.1 Å². The Morgan fingerprint density at radius 3 is 2.38 bits per heavy atom. The number of hydrogen-bond acceptors (Lipinski definition) is 4. The molecule has 3 nitrogen and oxygen atoms in total. The number of thioether (sulfide) groups is 1. The van der Waals surface area contributed by atoms with Crippen molar-refractivity contribution in [2.45, 2.75) is 54.7 Å². The minimum atomic E-state index is 0.281. The Kier molecular flexibility index (Phi) is 4.01. The summed E-state index contributed by atoms with van der Waals surface area (Å²) in [6, 6.07) is 12.4. The lowest BCUT2D eigenvalue weighted by molar-refractivity contribution is -0.00744. The lowest BCUT2D eigenvalue weighted by Gasteiger charge is -2.56. The topological polar surface area (TPSA) is 49.6 Å². The van der Waals surface area contributed by atoms with Crippen LogP contribution in [0.4, 0.5) is 0 Å². The summed E-state index contributed by atoms with van der Waals surface area (Å²) in [6.07, 6.45) is 10.1. The van der Waals surface area contributed by atoms with Crippen LogP contribution in [-0.2, 0) is 11.2 Å². The highest BCUT2D eigenvalue weighted by atomic mass is 32.2. The van der Waals surface area contributed by atoms with Gasteiger partial charge in [-0.3, -0.25) is 4.98 Å². The third-order valence-electron chi connectivity index (χ3n) is 6.65. The first-order chi connectivity index (χ1) is 12.7. The maximum absolute atomic E-state index is 9.52. The summed E-state index contributed by atoms with van der Waals surface area (Å²) in [7, 11) is 0. The van der Waals surface area contributed by atoms with Gasteiger partial charge in [0.05, 0.1) is 11.3 Å². The van der Waals surface area contributed by atoms with Crippen LogP contribution in [0, 0.1) is 29.1 Å². The second-order valence-electron chi connectivity index (χ2n) is 8.47. The van der Waals surface area contributed by atoms with Crippen LogP contribution in [0.5, 0.6) is 0 Å². The highest BCUT2D eigenvalue weighted by molar-refractivity contribution is 7.98. The van der Waals surface area contributed by atoms with Gasteiger partial charge in [0.15, 0.2) is 0 Å². The highest BCUT2D eigenvalue weighted by Gasteiger charge is 2.52. The Morgan fingerprint density at radius 1 is 1.04 bits per heavy atom. The van der Waals surface area contributed by atoms with Gasteiger partial charge in [-0.25, -0.2) is 4.98 Å². The van der Waals surface area contributed by atoms with E-state index < -0.39 is 0 Å². The number of nitriles is 1. The molecular formula is C22H23N3S. The normalized spacial score (nSPS) is 31.7. The molecule has 2 heterocycles. The molecule has 4 aliphatic rings. The van der Waals surface area contributed by atoms with Crippen LogP contribution >= 0.6 is 11.8 Å². The fraction of sp³-hybridized carbons (Fsp3) is 0.500. The van der Waals surface area contributed by atoms with E-state index in [4.69, 9.17) is 4.98 Å². The molecule has 0 aliphatic heterocycles. The van der Waals surface area contributed by atoms with Crippen LogP contribution in [0.1, 0.15) is 55.5 Å². The van der Waals surface area contributed by atoms with E-state index in [1.165, 1.54) is 44.2 Å².